The molecule has 2 nitrogen and oxygen atoms in total. The summed E-state index contributed by atoms with van der Waals surface area (Å²) in [5.74, 6) is 0. The first-order chi connectivity index (χ1) is 5.68. The molecule has 2 heteroatoms. The molecule has 1 spiro atoms. The highest BCUT2D eigenvalue weighted by Gasteiger charge is 2.54. The van der Waals surface area contributed by atoms with Crippen LogP contribution in [0.2, 0.25) is 0 Å². The van der Waals surface area contributed by atoms with Gasteiger partial charge in [-0.15, -0.1) is 6.58 Å². The van der Waals surface area contributed by atoms with E-state index in [1.54, 1.807) is 0 Å². The number of rotatable bonds is 2. The fourth-order valence-electron chi connectivity index (χ4n) is 2.10. The van der Waals surface area contributed by atoms with Gasteiger partial charge in [0.2, 0.25) is 0 Å². The summed E-state index contributed by atoms with van der Waals surface area (Å²) < 4.78 is 0. The van der Waals surface area contributed by atoms with E-state index in [9.17, 15) is 5.11 Å². The third-order valence-electron chi connectivity index (χ3n) is 3.44. The van der Waals surface area contributed by atoms with Crippen LogP contribution in [0.3, 0.4) is 0 Å². The Morgan fingerprint density at radius 2 is 2.33 bits per heavy atom. The number of nitrogens with zero attached hydrogens (tertiary/aromatic N) is 1. The van der Waals surface area contributed by atoms with Crippen LogP contribution in [0.25, 0.3) is 0 Å². The highest BCUT2D eigenvalue weighted by molar-refractivity contribution is 5.08. The van der Waals surface area contributed by atoms with Gasteiger partial charge in [-0.2, -0.15) is 0 Å². The normalized spacial score (nSPS) is 35.3. The Labute approximate surface area is 73.9 Å². The quantitative estimate of drug-likeness (QED) is 0.621. The van der Waals surface area contributed by atoms with Gasteiger partial charge in [-0.1, -0.05) is 6.08 Å². The zero-order valence-electron chi connectivity index (χ0n) is 7.66. The molecule has 68 valence electrons. The van der Waals surface area contributed by atoms with Gasteiger partial charge in [0.25, 0.3) is 0 Å². The van der Waals surface area contributed by atoms with Crippen molar-refractivity contribution in [1.29, 1.82) is 0 Å². The third kappa shape index (κ3) is 1.10. The first kappa shape index (κ1) is 8.27. The summed E-state index contributed by atoms with van der Waals surface area (Å²) >= 11 is 0. The predicted molar refractivity (Wildman–Crippen MR) is 48.9 cm³/mol. The maximum atomic E-state index is 9.76. The summed E-state index contributed by atoms with van der Waals surface area (Å²) in [5, 5.41) is 9.76. The number of aliphatic hydroxyl groups excluding tert-OH is 1. The van der Waals surface area contributed by atoms with Crippen LogP contribution in [-0.2, 0) is 0 Å². The molecular formula is C10H17NO. The second-order valence-corrected chi connectivity index (χ2v) is 4.28. The van der Waals surface area contributed by atoms with E-state index < -0.39 is 0 Å². The molecule has 2 aliphatic rings. The zero-order valence-corrected chi connectivity index (χ0v) is 7.66. The molecule has 0 aromatic heterocycles. The van der Waals surface area contributed by atoms with Crippen LogP contribution in [0, 0.1) is 5.41 Å². The van der Waals surface area contributed by atoms with Crippen LogP contribution in [0.4, 0.5) is 0 Å². The molecule has 1 saturated carbocycles. The van der Waals surface area contributed by atoms with Crippen molar-refractivity contribution in [3.8, 4) is 0 Å². The van der Waals surface area contributed by atoms with Crippen LogP contribution in [0.15, 0.2) is 12.7 Å². The Bertz CT molecular complexity index is 198. The van der Waals surface area contributed by atoms with Crippen molar-refractivity contribution in [1.82, 2.24) is 4.90 Å². The van der Waals surface area contributed by atoms with Crippen molar-refractivity contribution in [2.75, 3.05) is 13.1 Å². The summed E-state index contributed by atoms with van der Waals surface area (Å²) in [4.78, 5) is 2.32. The maximum Gasteiger partial charge on any atom is 0.0735 e. The van der Waals surface area contributed by atoms with E-state index in [1.165, 1.54) is 12.8 Å². The fraction of sp³-hybridized carbons (Fsp3) is 0.800. The Morgan fingerprint density at radius 1 is 1.67 bits per heavy atom. The lowest BCUT2D eigenvalue weighted by atomic mass is 10.0. The zero-order chi connectivity index (χ0) is 8.77. The second kappa shape index (κ2) is 2.57. The predicted octanol–water partition coefficient (Wildman–Crippen LogP) is 1.02. The first-order valence-corrected chi connectivity index (χ1v) is 4.73. The SMILES string of the molecule is C=CC(C)N1CC(O)C2(CC2)C1. The average molecular weight is 167 g/mol. The topological polar surface area (TPSA) is 23.5 Å². The second-order valence-electron chi connectivity index (χ2n) is 4.28. The molecule has 0 aromatic carbocycles. The van der Waals surface area contributed by atoms with Gasteiger partial charge >= 0.3 is 0 Å². The highest BCUT2D eigenvalue weighted by atomic mass is 16.3. The number of β-amino-alcohol motifs (C(OH)–C–C–N with tert-alkyl or cyclic N) is 1. The summed E-state index contributed by atoms with van der Waals surface area (Å²) in [6, 6.07) is 0.416. The first-order valence-electron chi connectivity index (χ1n) is 4.73. The summed E-state index contributed by atoms with van der Waals surface area (Å²) in [7, 11) is 0. The van der Waals surface area contributed by atoms with E-state index in [0.717, 1.165) is 13.1 Å². The van der Waals surface area contributed by atoms with Crippen LogP contribution >= 0.6 is 0 Å². The molecule has 0 radical (unpaired) electrons. The van der Waals surface area contributed by atoms with Crippen molar-refractivity contribution >= 4 is 0 Å². The van der Waals surface area contributed by atoms with Crippen LogP contribution in [0.5, 0.6) is 0 Å². The minimum absolute atomic E-state index is 0.0834. The Balaban J connectivity index is 2.01. The molecule has 2 fully saturated rings. The van der Waals surface area contributed by atoms with Gasteiger partial charge < -0.3 is 5.11 Å². The van der Waals surface area contributed by atoms with Gasteiger partial charge in [0.15, 0.2) is 0 Å². The molecule has 12 heavy (non-hydrogen) atoms. The van der Waals surface area contributed by atoms with E-state index in [-0.39, 0.29) is 11.5 Å². The van der Waals surface area contributed by atoms with E-state index in [1.807, 2.05) is 6.08 Å². The molecule has 0 bridgehead atoms. The lowest BCUT2D eigenvalue weighted by molar-refractivity contribution is 0.130. The molecule has 1 N–H and O–H groups in total. The Kier molecular flexibility index (Phi) is 1.77. The summed E-state index contributed by atoms with van der Waals surface area (Å²) in [5.41, 5.74) is 0.289. The van der Waals surface area contributed by atoms with Crippen LogP contribution in [0.1, 0.15) is 19.8 Å². The van der Waals surface area contributed by atoms with E-state index in [4.69, 9.17) is 0 Å². The molecule has 1 saturated heterocycles. The molecular weight excluding hydrogens is 150 g/mol. The van der Waals surface area contributed by atoms with E-state index in [0.29, 0.717) is 6.04 Å². The van der Waals surface area contributed by atoms with E-state index >= 15 is 0 Å². The largest absolute Gasteiger partial charge is 0.391 e. The Morgan fingerprint density at radius 3 is 2.75 bits per heavy atom. The average Bonchev–Trinajstić information content (AvgIpc) is 2.75. The number of hydrogen-bond donors (Lipinski definition) is 1. The van der Waals surface area contributed by atoms with Gasteiger partial charge in [0, 0.05) is 24.5 Å². The van der Waals surface area contributed by atoms with Gasteiger partial charge in [0.1, 0.15) is 0 Å². The number of likely N-dealkylation sites (tertiary alicyclic amines) is 1. The van der Waals surface area contributed by atoms with Gasteiger partial charge in [-0.3, -0.25) is 4.90 Å². The van der Waals surface area contributed by atoms with Crippen molar-refractivity contribution < 1.29 is 5.11 Å². The van der Waals surface area contributed by atoms with Gasteiger partial charge in [-0.25, -0.2) is 0 Å². The lowest BCUT2D eigenvalue weighted by Gasteiger charge is -2.20. The van der Waals surface area contributed by atoms with Crippen LogP contribution < -0.4 is 0 Å². The maximum absolute atomic E-state index is 9.76. The fourth-order valence-corrected chi connectivity index (χ4v) is 2.10. The van der Waals surface area contributed by atoms with Crippen LogP contribution in [-0.4, -0.2) is 35.2 Å². The molecule has 1 heterocycles. The Hall–Kier alpha value is -0.340. The lowest BCUT2D eigenvalue weighted by Crippen LogP contribution is -2.29. The van der Waals surface area contributed by atoms with Crippen molar-refractivity contribution in [3.05, 3.63) is 12.7 Å². The standard InChI is InChI=1S/C10H17NO/c1-3-8(2)11-6-9(12)10(7-11)4-5-10/h3,8-9,12H,1,4-7H2,2H3. The van der Waals surface area contributed by atoms with Gasteiger partial charge in [-0.05, 0) is 19.8 Å². The van der Waals surface area contributed by atoms with Crippen molar-refractivity contribution in [3.63, 3.8) is 0 Å². The third-order valence-corrected chi connectivity index (χ3v) is 3.44. The molecule has 0 aromatic rings. The number of hydrogen-bond acceptors (Lipinski definition) is 2. The smallest absolute Gasteiger partial charge is 0.0735 e. The number of aliphatic hydroxyl groups is 1. The van der Waals surface area contributed by atoms with Crippen molar-refractivity contribution in [2.24, 2.45) is 5.41 Å². The molecule has 2 rings (SSSR count). The minimum atomic E-state index is -0.0834. The molecule has 2 unspecified atom stereocenters. The molecule has 2 atom stereocenters. The van der Waals surface area contributed by atoms with Crippen molar-refractivity contribution in [2.45, 2.75) is 31.9 Å². The minimum Gasteiger partial charge on any atom is -0.391 e. The summed E-state index contributed by atoms with van der Waals surface area (Å²) in [6.07, 6.45) is 4.30. The molecule has 1 aliphatic heterocycles. The van der Waals surface area contributed by atoms with E-state index in [2.05, 4.69) is 18.4 Å². The van der Waals surface area contributed by atoms with Gasteiger partial charge in [0.05, 0.1) is 6.10 Å². The monoisotopic (exact) mass is 167 g/mol. The highest BCUT2D eigenvalue weighted by Crippen LogP contribution is 2.53. The molecule has 0 amide bonds. The molecule has 1 aliphatic carbocycles. The summed E-state index contributed by atoms with van der Waals surface area (Å²) in [6.45, 7) is 7.83.